The maximum absolute atomic E-state index is 12.4. The summed E-state index contributed by atoms with van der Waals surface area (Å²) in [7, 11) is 3.12. The highest BCUT2D eigenvalue weighted by molar-refractivity contribution is 5.96. The normalized spacial score (nSPS) is 14.1. The Hall–Kier alpha value is -3.10. The van der Waals surface area contributed by atoms with E-state index in [4.69, 9.17) is 14.2 Å². The second-order valence-electron chi connectivity index (χ2n) is 6.92. The Morgan fingerprint density at radius 2 is 1.70 bits per heavy atom. The fourth-order valence-electron chi connectivity index (χ4n) is 3.16. The minimum atomic E-state index is -0.147. The lowest BCUT2D eigenvalue weighted by Crippen LogP contribution is -2.41. The second-order valence-corrected chi connectivity index (χ2v) is 6.92. The lowest BCUT2D eigenvalue weighted by molar-refractivity contribution is -0.118. The van der Waals surface area contributed by atoms with Crippen molar-refractivity contribution in [1.82, 2.24) is 4.90 Å². The van der Waals surface area contributed by atoms with Gasteiger partial charge in [-0.2, -0.15) is 0 Å². The first-order valence-corrected chi connectivity index (χ1v) is 9.78. The average molecular weight is 413 g/mol. The Balaban J connectivity index is 1.57. The zero-order valence-electron chi connectivity index (χ0n) is 17.3. The van der Waals surface area contributed by atoms with Gasteiger partial charge in [-0.25, -0.2) is 0 Å². The summed E-state index contributed by atoms with van der Waals surface area (Å²) in [5, 5.41) is 5.72. The van der Waals surface area contributed by atoms with Crippen molar-refractivity contribution < 1.29 is 23.8 Å². The Bertz CT molecular complexity index is 864. The number of nitrogens with one attached hydrogen (secondary N) is 2. The Morgan fingerprint density at radius 1 is 0.967 bits per heavy atom. The van der Waals surface area contributed by atoms with Gasteiger partial charge in [-0.3, -0.25) is 14.5 Å². The molecular weight excluding hydrogens is 386 g/mol. The van der Waals surface area contributed by atoms with E-state index in [1.807, 2.05) is 29.2 Å². The third-order valence-corrected chi connectivity index (χ3v) is 4.75. The first kappa shape index (κ1) is 21.6. The van der Waals surface area contributed by atoms with E-state index in [2.05, 4.69) is 10.6 Å². The maximum atomic E-state index is 12.4. The third kappa shape index (κ3) is 6.20. The van der Waals surface area contributed by atoms with Crippen LogP contribution in [-0.2, 0) is 20.7 Å². The van der Waals surface area contributed by atoms with Gasteiger partial charge < -0.3 is 24.8 Å². The first-order chi connectivity index (χ1) is 14.6. The van der Waals surface area contributed by atoms with Gasteiger partial charge in [0.05, 0.1) is 46.1 Å². The molecule has 2 amide bonds. The van der Waals surface area contributed by atoms with E-state index >= 15 is 0 Å². The van der Waals surface area contributed by atoms with Gasteiger partial charge >= 0.3 is 0 Å². The number of carbonyl (C=O) groups excluding carboxylic acids is 2. The minimum absolute atomic E-state index is 0.119. The molecule has 30 heavy (non-hydrogen) atoms. The Morgan fingerprint density at radius 3 is 2.37 bits per heavy atom. The van der Waals surface area contributed by atoms with Crippen LogP contribution in [0.2, 0.25) is 0 Å². The molecule has 0 atom stereocenters. The number of nitrogens with zero attached hydrogens (tertiary/aromatic N) is 1. The van der Waals surface area contributed by atoms with E-state index in [1.54, 1.807) is 25.3 Å². The van der Waals surface area contributed by atoms with Crippen LogP contribution >= 0.6 is 0 Å². The van der Waals surface area contributed by atoms with Crippen LogP contribution in [0, 0.1) is 0 Å². The monoisotopic (exact) mass is 413 g/mol. The SMILES string of the molecule is COc1ccc(CC(=O)Nc2ccc(NC(=O)CN3CCOCC3)c(OC)c2)cc1. The molecule has 0 spiro atoms. The molecule has 3 rings (SSSR count). The van der Waals surface area contributed by atoms with E-state index in [1.165, 1.54) is 7.11 Å². The molecule has 1 heterocycles. The zero-order chi connectivity index (χ0) is 21.3. The number of hydrogen-bond donors (Lipinski definition) is 2. The van der Waals surface area contributed by atoms with Gasteiger partial charge in [0, 0.05) is 24.8 Å². The zero-order valence-corrected chi connectivity index (χ0v) is 17.3. The van der Waals surface area contributed by atoms with Crippen LogP contribution in [0.15, 0.2) is 42.5 Å². The van der Waals surface area contributed by atoms with Gasteiger partial charge in [0.15, 0.2) is 0 Å². The van der Waals surface area contributed by atoms with Gasteiger partial charge in [0.1, 0.15) is 11.5 Å². The van der Waals surface area contributed by atoms with Crippen molar-refractivity contribution in [3.63, 3.8) is 0 Å². The van der Waals surface area contributed by atoms with E-state index in [0.29, 0.717) is 36.9 Å². The largest absolute Gasteiger partial charge is 0.497 e. The summed E-state index contributed by atoms with van der Waals surface area (Å²) in [5.74, 6) is 0.959. The highest BCUT2D eigenvalue weighted by Gasteiger charge is 2.16. The molecule has 160 valence electrons. The second kappa shape index (κ2) is 10.6. The van der Waals surface area contributed by atoms with Gasteiger partial charge in [-0.05, 0) is 29.8 Å². The molecule has 0 aromatic heterocycles. The van der Waals surface area contributed by atoms with Crippen LogP contribution in [0.5, 0.6) is 11.5 Å². The number of amides is 2. The molecule has 1 fully saturated rings. The van der Waals surface area contributed by atoms with Crippen molar-refractivity contribution in [2.24, 2.45) is 0 Å². The molecule has 8 heteroatoms. The topological polar surface area (TPSA) is 89.1 Å². The molecule has 1 aliphatic rings. The molecule has 2 aromatic carbocycles. The highest BCUT2D eigenvalue weighted by Crippen LogP contribution is 2.28. The van der Waals surface area contributed by atoms with Crippen molar-refractivity contribution in [2.75, 3.05) is 57.7 Å². The van der Waals surface area contributed by atoms with E-state index in [-0.39, 0.29) is 18.2 Å². The molecule has 0 saturated carbocycles. The molecule has 0 radical (unpaired) electrons. The van der Waals surface area contributed by atoms with Crippen molar-refractivity contribution in [3.05, 3.63) is 48.0 Å². The molecule has 0 unspecified atom stereocenters. The van der Waals surface area contributed by atoms with Crippen molar-refractivity contribution in [3.8, 4) is 11.5 Å². The molecule has 8 nitrogen and oxygen atoms in total. The molecule has 0 aliphatic carbocycles. The third-order valence-electron chi connectivity index (χ3n) is 4.75. The summed E-state index contributed by atoms with van der Waals surface area (Å²) < 4.78 is 15.8. The summed E-state index contributed by atoms with van der Waals surface area (Å²) in [6.07, 6.45) is 0.240. The van der Waals surface area contributed by atoms with Gasteiger partial charge in [-0.15, -0.1) is 0 Å². The summed E-state index contributed by atoms with van der Waals surface area (Å²) in [6.45, 7) is 3.06. The van der Waals surface area contributed by atoms with Crippen LogP contribution in [0.1, 0.15) is 5.56 Å². The van der Waals surface area contributed by atoms with Crippen LogP contribution < -0.4 is 20.1 Å². The first-order valence-electron chi connectivity index (χ1n) is 9.78. The molecule has 2 aromatic rings. The van der Waals surface area contributed by atoms with Gasteiger partial charge in [0.25, 0.3) is 0 Å². The Labute approximate surface area is 176 Å². The summed E-state index contributed by atoms with van der Waals surface area (Å²) in [5.41, 5.74) is 2.03. The maximum Gasteiger partial charge on any atom is 0.238 e. The van der Waals surface area contributed by atoms with Gasteiger partial charge in [0.2, 0.25) is 11.8 Å². The predicted molar refractivity (Wildman–Crippen MR) is 114 cm³/mol. The van der Waals surface area contributed by atoms with E-state index in [0.717, 1.165) is 24.4 Å². The lowest BCUT2D eigenvalue weighted by Gasteiger charge is -2.25. The standard InChI is InChI=1S/C22H27N3O5/c1-28-18-6-3-16(4-7-18)13-21(26)23-17-5-8-19(20(14-17)29-2)24-22(27)15-25-9-11-30-12-10-25/h3-8,14H,9-13,15H2,1-2H3,(H,23,26)(H,24,27). The predicted octanol–water partition coefficient (Wildman–Crippen LogP) is 2.16. The molecule has 2 N–H and O–H groups in total. The average Bonchev–Trinajstić information content (AvgIpc) is 2.76. The summed E-state index contributed by atoms with van der Waals surface area (Å²) in [6, 6.07) is 12.5. The Kier molecular flexibility index (Phi) is 7.64. The number of rotatable bonds is 8. The van der Waals surface area contributed by atoms with E-state index in [9.17, 15) is 9.59 Å². The van der Waals surface area contributed by atoms with Gasteiger partial charge in [-0.1, -0.05) is 12.1 Å². The number of hydrogen-bond acceptors (Lipinski definition) is 6. The number of morpholine rings is 1. The highest BCUT2D eigenvalue weighted by atomic mass is 16.5. The number of benzene rings is 2. The molecular formula is C22H27N3O5. The smallest absolute Gasteiger partial charge is 0.238 e. The van der Waals surface area contributed by atoms with Crippen molar-refractivity contribution >= 4 is 23.2 Å². The number of anilines is 2. The van der Waals surface area contributed by atoms with Crippen LogP contribution in [0.25, 0.3) is 0 Å². The number of methoxy groups -OCH3 is 2. The summed E-state index contributed by atoms with van der Waals surface area (Å²) >= 11 is 0. The fourth-order valence-corrected chi connectivity index (χ4v) is 3.16. The fraction of sp³-hybridized carbons (Fsp3) is 0.364. The van der Waals surface area contributed by atoms with Crippen LogP contribution in [-0.4, -0.2) is 63.8 Å². The van der Waals surface area contributed by atoms with Crippen LogP contribution in [0.3, 0.4) is 0 Å². The van der Waals surface area contributed by atoms with E-state index < -0.39 is 0 Å². The number of carbonyl (C=O) groups is 2. The van der Waals surface area contributed by atoms with Crippen LogP contribution in [0.4, 0.5) is 11.4 Å². The molecule has 1 saturated heterocycles. The lowest BCUT2D eigenvalue weighted by atomic mass is 10.1. The van der Waals surface area contributed by atoms with Crippen molar-refractivity contribution in [1.29, 1.82) is 0 Å². The molecule has 0 bridgehead atoms. The molecule has 1 aliphatic heterocycles. The summed E-state index contributed by atoms with van der Waals surface area (Å²) in [4.78, 5) is 26.7. The quantitative estimate of drug-likeness (QED) is 0.690. The minimum Gasteiger partial charge on any atom is -0.497 e. The number of ether oxygens (including phenoxy) is 3. The van der Waals surface area contributed by atoms with Crippen molar-refractivity contribution in [2.45, 2.75) is 6.42 Å².